The molecule has 1 atom stereocenters. The summed E-state index contributed by atoms with van der Waals surface area (Å²) in [6.45, 7) is 6.69. The van der Waals surface area contributed by atoms with Gasteiger partial charge in [-0.15, -0.1) is 0 Å². The molecule has 2 aromatic carbocycles. The normalized spacial score (nSPS) is 14.6. The van der Waals surface area contributed by atoms with Crippen molar-refractivity contribution in [2.75, 3.05) is 20.3 Å². The van der Waals surface area contributed by atoms with Gasteiger partial charge in [0.05, 0.1) is 42.0 Å². The summed E-state index contributed by atoms with van der Waals surface area (Å²) < 4.78 is 21.9. The van der Waals surface area contributed by atoms with Crippen molar-refractivity contribution in [2.45, 2.75) is 33.7 Å². The number of rotatable bonds is 11. The number of nitro benzene ring substituents is 1. The van der Waals surface area contributed by atoms with Crippen molar-refractivity contribution in [3.05, 3.63) is 86.3 Å². The van der Waals surface area contributed by atoms with Crippen LogP contribution in [0.4, 0.5) is 10.5 Å². The number of benzene rings is 2. The molecule has 0 radical (unpaired) electrons. The van der Waals surface area contributed by atoms with Crippen LogP contribution in [-0.2, 0) is 14.3 Å². The van der Waals surface area contributed by atoms with Gasteiger partial charge in [0.15, 0.2) is 18.1 Å². The predicted octanol–water partition coefficient (Wildman–Crippen LogP) is 4.20. The van der Waals surface area contributed by atoms with Gasteiger partial charge in [-0.2, -0.15) is 5.10 Å². The third-order valence-corrected chi connectivity index (χ3v) is 6.73. The highest BCUT2D eigenvalue weighted by Crippen LogP contribution is 2.35. The molecule has 3 amide bonds. The number of hydrogen-bond acceptors (Lipinski definition) is 10. The minimum absolute atomic E-state index is 0.0774. The van der Waals surface area contributed by atoms with Gasteiger partial charge in [-0.1, -0.05) is 6.07 Å². The number of nitrogens with zero attached hydrogens (tertiary/aromatic N) is 2. The van der Waals surface area contributed by atoms with Crippen molar-refractivity contribution in [3.8, 4) is 22.8 Å². The number of nitro groups is 1. The largest absolute Gasteiger partial charge is 0.493 e. The van der Waals surface area contributed by atoms with Gasteiger partial charge in [0.25, 0.3) is 11.6 Å². The topological polar surface area (TPSA) is 184 Å². The van der Waals surface area contributed by atoms with E-state index >= 15 is 0 Å². The van der Waals surface area contributed by atoms with E-state index < -0.39 is 35.5 Å². The minimum atomic E-state index is -0.799. The number of allylic oxidation sites excluding steroid dienone is 1. The van der Waals surface area contributed by atoms with Crippen LogP contribution in [0.1, 0.15) is 42.3 Å². The maximum Gasteiger partial charge on any atom is 0.338 e. The fourth-order valence-electron chi connectivity index (χ4n) is 4.47. The van der Waals surface area contributed by atoms with E-state index in [-0.39, 0.29) is 40.9 Å². The van der Waals surface area contributed by atoms with Crippen molar-refractivity contribution in [2.24, 2.45) is 5.10 Å². The number of hydrazone groups is 1. The Kier molecular flexibility index (Phi) is 9.63. The first-order valence-corrected chi connectivity index (χ1v) is 13.5. The van der Waals surface area contributed by atoms with Gasteiger partial charge in [-0.05, 0) is 74.7 Å². The molecule has 3 N–H and O–H groups in total. The Labute approximate surface area is 252 Å². The number of hydrogen-bond donors (Lipinski definition) is 3. The fraction of sp³-hybridized carbons (Fsp3) is 0.267. The Morgan fingerprint density at radius 1 is 1.11 bits per heavy atom. The van der Waals surface area contributed by atoms with E-state index in [1.807, 2.05) is 6.92 Å². The van der Waals surface area contributed by atoms with E-state index in [9.17, 15) is 24.5 Å². The number of esters is 1. The molecular weight excluding hydrogens is 574 g/mol. The second-order valence-corrected chi connectivity index (χ2v) is 9.70. The van der Waals surface area contributed by atoms with Gasteiger partial charge < -0.3 is 29.3 Å². The van der Waals surface area contributed by atoms with Crippen molar-refractivity contribution in [1.82, 2.24) is 16.1 Å². The van der Waals surface area contributed by atoms with Crippen molar-refractivity contribution in [1.29, 1.82) is 0 Å². The van der Waals surface area contributed by atoms with Crippen LogP contribution in [0.5, 0.6) is 11.5 Å². The first kappa shape index (κ1) is 31.3. The number of carbonyl (C=O) groups excluding carboxylic acids is 3. The Morgan fingerprint density at radius 3 is 2.57 bits per heavy atom. The van der Waals surface area contributed by atoms with Crippen LogP contribution in [0.15, 0.2) is 63.3 Å². The number of carbonyl (C=O) groups is 3. The first-order chi connectivity index (χ1) is 21.0. The van der Waals surface area contributed by atoms with E-state index in [4.69, 9.17) is 18.6 Å². The Balaban J connectivity index is 1.40. The van der Waals surface area contributed by atoms with Crippen LogP contribution in [0.2, 0.25) is 0 Å². The van der Waals surface area contributed by atoms with Crippen LogP contribution in [-0.4, -0.2) is 49.4 Å². The average molecular weight is 606 g/mol. The lowest BCUT2D eigenvalue weighted by atomic mass is 9.95. The molecule has 0 spiro atoms. The minimum Gasteiger partial charge on any atom is -0.493 e. The number of ether oxygens (including phenoxy) is 3. The second kappa shape index (κ2) is 13.5. The third-order valence-electron chi connectivity index (χ3n) is 6.73. The summed E-state index contributed by atoms with van der Waals surface area (Å²) in [6, 6.07) is 9.82. The highest BCUT2D eigenvalue weighted by atomic mass is 16.6. The SMILES string of the molecule is CCOC(=O)C1=C(C)NC(=O)N[C@@H]1c1ccc(OCC(=O)N/N=C\c2ccc(-c3cc(C)c(C)cc3[N+](=O)[O-])o2)c(OC)c1. The third kappa shape index (κ3) is 7.03. The molecule has 0 bridgehead atoms. The number of nitrogens with one attached hydrogen (secondary N) is 3. The molecule has 2 heterocycles. The fourth-order valence-corrected chi connectivity index (χ4v) is 4.47. The lowest BCUT2D eigenvalue weighted by Gasteiger charge is -2.28. The molecule has 0 saturated carbocycles. The number of amides is 3. The van der Waals surface area contributed by atoms with E-state index in [1.54, 1.807) is 57.2 Å². The molecule has 4 rings (SSSR count). The van der Waals surface area contributed by atoms with Crippen LogP contribution < -0.4 is 25.5 Å². The Hall–Kier alpha value is -5.66. The second-order valence-electron chi connectivity index (χ2n) is 9.70. The lowest BCUT2D eigenvalue weighted by Crippen LogP contribution is -2.45. The Bertz CT molecular complexity index is 1670. The van der Waals surface area contributed by atoms with Gasteiger partial charge in [-0.3, -0.25) is 14.9 Å². The molecule has 0 fully saturated rings. The maximum absolute atomic E-state index is 12.6. The van der Waals surface area contributed by atoms with Gasteiger partial charge in [0.2, 0.25) is 0 Å². The van der Waals surface area contributed by atoms with Crippen LogP contribution >= 0.6 is 0 Å². The smallest absolute Gasteiger partial charge is 0.338 e. The molecule has 0 saturated heterocycles. The molecular formula is C30H31N5O9. The van der Waals surface area contributed by atoms with Crippen LogP contribution in [0.3, 0.4) is 0 Å². The van der Waals surface area contributed by atoms with E-state index in [0.717, 1.165) is 11.1 Å². The summed E-state index contributed by atoms with van der Waals surface area (Å²) in [5.74, 6) is -0.109. The first-order valence-electron chi connectivity index (χ1n) is 13.5. The molecule has 14 nitrogen and oxygen atoms in total. The summed E-state index contributed by atoms with van der Waals surface area (Å²) in [4.78, 5) is 48.2. The van der Waals surface area contributed by atoms with E-state index in [1.165, 1.54) is 19.4 Å². The Morgan fingerprint density at radius 2 is 1.86 bits per heavy atom. The van der Waals surface area contributed by atoms with Gasteiger partial charge in [0, 0.05) is 11.8 Å². The summed E-state index contributed by atoms with van der Waals surface area (Å²) >= 11 is 0. The van der Waals surface area contributed by atoms with Crippen LogP contribution in [0, 0.1) is 24.0 Å². The zero-order valence-corrected chi connectivity index (χ0v) is 24.7. The van der Waals surface area contributed by atoms with Crippen LogP contribution in [0.25, 0.3) is 11.3 Å². The van der Waals surface area contributed by atoms with Gasteiger partial charge in [0.1, 0.15) is 11.5 Å². The summed E-state index contributed by atoms with van der Waals surface area (Å²) in [6.07, 6.45) is 1.26. The van der Waals surface area contributed by atoms with E-state index in [0.29, 0.717) is 16.8 Å². The standard InChI is InChI=1S/C30H31N5O9/c1-6-42-29(37)27-18(4)32-30(38)33-28(27)19-7-9-24(25(13-19)41-5)43-15-26(36)34-31-14-20-8-10-23(44-20)21-11-16(2)17(3)12-22(21)35(39)40/h7-14,28H,6,15H2,1-5H3,(H,34,36)(H2,32,33,38)/b31-14-/t28-/m1/s1. The number of furan rings is 1. The maximum atomic E-state index is 12.6. The van der Waals surface area contributed by atoms with E-state index in [2.05, 4.69) is 21.2 Å². The lowest BCUT2D eigenvalue weighted by molar-refractivity contribution is -0.384. The monoisotopic (exact) mass is 605 g/mol. The predicted molar refractivity (Wildman–Crippen MR) is 158 cm³/mol. The molecule has 1 aliphatic rings. The molecule has 14 heteroatoms. The van der Waals surface area contributed by atoms with Gasteiger partial charge >= 0.3 is 12.0 Å². The average Bonchev–Trinajstić information content (AvgIpc) is 3.45. The molecule has 44 heavy (non-hydrogen) atoms. The zero-order valence-electron chi connectivity index (χ0n) is 24.7. The molecule has 1 aromatic heterocycles. The zero-order chi connectivity index (χ0) is 32.0. The number of urea groups is 1. The number of methoxy groups -OCH3 is 1. The molecule has 230 valence electrons. The molecule has 0 unspecified atom stereocenters. The highest BCUT2D eigenvalue weighted by molar-refractivity contribution is 5.95. The molecule has 1 aliphatic heterocycles. The number of aryl methyl sites for hydroxylation is 2. The molecule has 0 aliphatic carbocycles. The quantitative estimate of drug-likeness (QED) is 0.125. The van der Waals surface area contributed by atoms with Crippen molar-refractivity contribution < 1.29 is 37.9 Å². The molecule has 3 aromatic rings. The highest BCUT2D eigenvalue weighted by Gasteiger charge is 2.32. The van der Waals surface area contributed by atoms with Gasteiger partial charge in [-0.25, -0.2) is 15.0 Å². The van der Waals surface area contributed by atoms with Crippen molar-refractivity contribution in [3.63, 3.8) is 0 Å². The summed E-state index contributed by atoms with van der Waals surface area (Å²) in [5.41, 5.74) is 5.39. The van der Waals surface area contributed by atoms with Crippen molar-refractivity contribution >= 4 is 29.8 Å². The summed E-state index contributed by atoms with van der Waals surface area (Å²) in [7, 11) is 1.41. The summed E-state index contributed by atoms with van der Waals surface area (Å²) in [5, 5.41) is 20.7.